The molecule has 0 fully saturated rings. The molecular formula is C19H14F3N3O2. The Kier molecular flexibility index (Phi) is 5.55. The summed E-state index contributed by atoms with van der Waals surface area (Å²) in [5.41, 5.74) is 0.0992. The highest BCUT2D eigenvalue weighted by Crippen LogP contribution is 2.23. The Morgan fingerprint density at radius 2 is 1.74 bits per heavy atom. The fourth-order valence-corrected chi connectivity index (χ4v) is 2.16. The van der Waals surface area contributed by atoms with Gasteiger partial charge in [0.05, 0.1) is 17.6 Å². The van der Waals surface area contributed by atoms with Crippen LogP contribution in [-0.4, -0.2) is 17.5 Å². The molecule has 0 bridgehead atoms. The Balaban J connectivity index is 1.57. The van der Waals surface area contributed by atoms with E-state index >= 15 is 0 Å². The van der Waals surface area contributed by atoms with Crippen LogP contribution in [-0.2, 0) is 4.79 Å². The first kappa shape index (κ1) is 18.2. The second-order valence-corrected chi connectivity index (χ2v) is 5.43. The molecule has 0 saturated heterocycles. The number of nitrogens with one attached hydrogen (secondary N) is 2. The van der Waals surface area contributed by atoms with Gasteiger partial charge in [-0.25, -0.2) is 18.2 Å². The van der Waals surface area contributed by atoms with Gasteiger partial charge in [0.1, 0.15) is 11.6 Å². The molecule has 2 N–H and O–H groups in total. The number of rotatable bonds is 6. The molecule has 2 aromatic carbocycles. The third kappa shape index (κ3) is 4.75. The minimum absolute atomic E-state index is 0.189. The third-order valence-electron chi connectivity index (χ3n) is 3.46. The molecule has 138 valence electrons. The molecule has 0 spiro atoms. The summed E-state index contributed by atoms with van der Waals surface area (Å²) in [5.74, 6) is -3.74. The van der Waals surface area contributed by atoms with Crippen molar-refractivity contribution in [3.05, 3.63) is 78.2 Å². The van der Waals surface area contributed by atoms with E-state index in [1.807, 2.05) is 6.07 Å². The summed E-state index contributed by atoms with van der Waals surface area (Å²) in [6, 6.07) is 13.7. The van der Waals surface area contributed by atoms with Gasteiger partial charge in [-0.3, -0.25) is 4.79 Å². The van der Waals surface area contributed by atoms with Crippen molar-refractivity contribution < 1.29 is 22.7 Å². The van der Waals surface area contributed by atoms with Crippen molar-refractivity contribution in [3.63, 3.8) is 0 Å². The first-order chi connectivity index (χ1) is 13.0. The number of halogens is 3. The van der Waals surface area contributed by atoms with Gasteiger partial charge >= 0.3 is 0 Å². The molecule has 1 amide bonds. The lowest BCUT2D eigenvalue weighted by molar-refractivity contribution is -0.118. The van der Waals surface area contributed by atoms with E-state index in [1.54, 1.807) is 24.3 Å². The van der Waals surface area contributed by atoms with Crippen LogP contribution in [0.5, 0.6) is 5.75 Å². The van der Waals surface area contributed by atoms with E-state index in [0.29, 0.717) is 11.4 Å². The summed E-state index contributed by atoms with van der Waals surface area (Å²) in [6.45, 7) is -0.189. The van der Waals surface area contributed by atoms with E-state index in [2.05, 4.69) is 15.6 Å². The fraction of sp³-hybridized carbons (Fsp3) is 0.0526. The standard InChI is InChI=1S/C19H14F3N3O2/c20-14-7-8-15(19(22)18(14)21)24-12-6-9-16(23-10-12)25-17(26)11-27-13-4-2-1-3-5-13/h1-10,24H,11H2,(H,23,25,26). The molecule has 5 nitrogen and oxygen atoms in total. The summed E-state index contributed by atoms with van der Waals surface area (Å²) in [5, 5.41) is 5.13. The number of pyridine rings is 1. The lowest BCUT2D eigenvalue weighted by atomic mass is 10.2. The number of benzene rings is 2. The molecule has 27 heavy (non-hydrogen) atoms. The number of amides is 1. The van der Waals surface area contributed by atoms with Crippen molar-refractivity contribution in [1.29, 1.82) is 0 Å². The highest BCUT2D eigenvalue weighted by atomic mass is 19.2. The highest BCUT2D eigenvalue weighted by molar-refractivity contribution is 5.91. The van der Waals surface area contributed by atoms with Gasteiger partial charge in [0, 0.05) is 0 Å². The summed E-state index contributed by atoms with van der Waals surface area (Å²) in [6.07, 6.45) is 1.31. The van der Waals surface area contributed by atoms with E-state index in [9.17, 15) is 18.0 Å². The average molecular weight is 373 g/mol. The number of para-hydroxylation sites is 1. The van der Waals surface area contributed by atoms with E-state index < -0.39 is 23.4 Å². The Hall–Kier alpha value is -3.55. The number of aromatic nitrogens is 1. The quantitative estimate of drug-likeness (QED) is 0.634. The van der Waals surface area contributed by atoms with Crippen molar-refractivity contribution in [3.8, 4) is 5.75 Å². The van der Waals surface area contributed by atoms with Crippen molar-refractivity contribution in [1.82, 2.24) is 4.98 Å². The maximum absolute atomic E-state index is 13.7. The number of hydrogen-bond acceptors (Lipinski definition) is 4. The van der Waals surface area contributed by atoms with Crippen molar-refractivity contribution in [2.24, 2.45) is 0 Å². The SMILES string of the molecule is O=C(COc1ccccc1)Nc1ccc(Nc2ccc(F)c(F)c2F)cn1. The van der Waals surface area contributed by atoms with Crippen LogP contribution in [0.2, 0.25) is 0 Å². The topological polar surface area (TPSA) is 63.2 Å². The minimum Gasteiger partial charge on any atom is -0.484 e. The average Bonchev–Trinajstić information content (AvgIpc) is 2.69. The van der Waals surface area contributed by atoms with Gasteiger partial charge in [0.15, 0.2) is 24.1 Å². The zero-order valence-electron chi connectivity index (χ0n) is 13.9. The molecule has 0 radical (unpaired) electrons. The van der Waals surface area contributed by atoms with E-state index in [0.717, 1.165) is 12.1 Å². The predicted molar refractivity (Wildman–Crippen MR) is 94.4 cm³/mol. The van der Waals surface area contributed by atoms with Crippen LogP contribution in [0, 0.1) is 17.5 Å². The van der Waals surface area contributed by atoms with Crippen LogP contribution in [0.3, 0.4) is 0 Å². The minimum atomic E-state index is -1.56. The zero-order chi connectivity index (χ0) is 19.2. The first-order valence-electron chi connectivity index (χ1n) is 7.87. The van der Waals surface area contributed by atoms with Gasteiger partial charge in [-0.15, -0.1) is 0 Å². The molecule has 0 aliphatic carbocycles. The van der Waals surface area contributed by atoms with Crippen molar-refractivity contribution in [2.75, 3.05) is 17.2 Å². The molecule has 0 saturated carbocycles. The van der Waals surface area contributed by atoms with Crippen LogP contribution < -0.4 is 15.4 Å². The molecule has 8 heteroatoms. The maximum atomic E-state index is 13.7. The van der Waals surface area contributed by atoms with E-state index in [1.165, 1.54) is 18.3 Å². The van der Waals surface area contributed by atoms with Gasteiger partial charge in [-0.1, -0.05) is 18.2 Å². The molecule has 3 aromatic rings. The Morgan fingerprint density at radius 1 is 0.963 bits per heavy atom. The molecule has 1 aromatic heterocycles. The van der Waals surface area contributed by atoms with Gasteiger partial charge in [0.25, 0.3) is 5.91 Å². The second kappa shape index (κ2) is 8.22. The number of carbonyl (C=O) groups is 1. The molecule has 0 aliphatic rings. The predicted octanol–water partition coefficient (Wildman–Crippen LogP) is 4.26. The van der Waals surface area contributed by atoms with Crippen LogP contribution in [0.4, 0.5) is 30.4 Å². The molecular weight excluding hydrogens is 359 g/mol. The number of hydrogen-bond donors (Lipinski definition) is 2. The zero-order valence-corrected chi connectivity index (χ0v) is 13.9. The molecule has 3 rings (SSSR count). The number of nitrogens with zero attached hydrogens (tertiary/aromatic N) is 1. The molecule has 0 atom stereocenters. The Bertz CT molecular complexity index is 935. The molecule has 1 heterocycles. The monoisotopic (exact) mass is 373 g/mol. The third-order valence-corrected chi connectivity index (χ3v) is 3.46. The number of anilines is 3. The lowest BCUT2D eigenvalue weighted by Crippen LogP contribution is -2.20. The van der Waals surface area contributed by atoms with Gasteiger partial charge in [-0.2, -0.15) is 0 Å². The van der Waals surface area contributed by atoms with E-state index in [4.69, 9.17) is 4.74 Å². The van der Waals surface area contributed by atoms with Gasteiger partial charge in [-0.05, 0) is 36.4 Å². The second-order valence-electron chi connectivity index (χ2n) is 5.43. The van der Waals surface area contributed by atoms with Crippen LogP contribution >= 0.6 is 0 Å². The number of ether oxygens (including phenoxy) is 1. The Morgan fingerprint density at radius 3 is 2.44 bits per heavy atom. The van der Waals surface area contributed by atoms with Crippen LogP contribution in [0.25, 0.3) is 0 Å². The highest BCUT2D eigenvalue weighted by Gasteiger charge is 2.13. The van der Waals surface area contributed by atoms with E-state index in [-0.39, 0.29) is 18.1 Å². The normalized spacial score (nSPS) is 10.3. The maximum Gasteiger partial charge on any atom is 0.263 e. The number of carbonyl (C=O) groups excluding carboxylic acids is 1. The summed E-state index contributed by atoms with van der Waals surface area (Å²) >= 11 is 0. The molecule has 0 aliphatic heterocycles. The van der Waals surface area contributed by atoms with Crippen LogP contribution in [0.1, 0.15) is 0 Å². The smallest absolute Gasteiger partial charge is 0.263 e. The largest absolute Gasteiger partial charge is 0.484 e. The molecule has 0 unspecified atom stereocenters. The fourth-order valence-electron chi connectivity index (χ4n) is 2.16. The van der Waals surface area contributed by atoms with Crippen LogP contribution in [0.15, 0.2) is 60.8 Å². The summed E-state index contributed by atoms with van der Waals surface area (Å²) < 4.78 is 45.1. The van der Waals surface area contributed by atoms with Gasteiger partial charge < -0.3 is 15.4 Å². The summed E-state index contributed by atoms with van der Waals surface area (Å²) in [7, 11) is 0. The lowest BCUT2D eigenvalue weighted by Gasteiger charge is -2.10. The van der Waals surface area contributed by atoms with Crippen molar-refractivity contribution in [2.45, 2.75) is 0 Å². The van der Waals surface area contributed by atoms with Gasteiger partial charge in [0.2, 0.25) is 0 Å². The summed E-state index contributed by atoms with van der Waals surface area (Å²) in [4.78, 5) is 15.9. The first-order valence-corrected chi connectivity index (χ1v) is 7.87. The van der Waals surface area contributed by atoms with Crippen molar-refractivity contribution >= 4 is 23.1 Å². The Labute approximate surface area is 152 Å².